The second-order valence-corrected chi connectivity index (χ2v) is 5.65. The van der Waals surface area contributed by atoms with Crippen molar-refractivity contribution in [1.82, 2.24) is 10.3 Å². The fourth-order valence-electron chi connectivity index (χ4n) is 1.89. The lowest BCUT2D eigenvalue weighted by molar-refractivity contribution is 0.437. The number of rotatable bonds is 5. The highest BCUT2D eigenvalue weighted by Gasteiger charge is 2.11. The van der Waals surface area contributed by atoms with Crippen LogP contribution in [-0.2, 0) is 6.42 Å². The van der Waals surface area contributed by atoms with Crippen LogP contribution in [0.15, 0.2) is 16.7 Å². The molecular formula is C13H21BrN2. The van der Waals surface area contributed by atoms with Gasteiger partial charge in [0.25, 0.3) is 0 Å². The van der Waals surface area contributed by atoms with Crippen molar-refractivity contribution in [3.8, 4) is 0 Å². The van der Waals surface area contributed by atoms with E-state index in [1.807, 2.05) is 13.2 Å². The molecule has 0 fully saturated rings. The van der Waals surface area contributed by atoms with E-state index in [0.717, 1.165) is 10.9 Å². The van der Waals surface area contributed by atoms with E-state index in [4.69, 9.17) is 0 Å². The van der Waals surface area contributed by atoms with Crippen LogP contribution in [-0.4, -0.2) is 18.1 Å². The normalized spacial score (nSPS) is 13.1. The molecule has 1 aromatic heterocycles. The van der Waals surface area contributed by atoms with Gasteiger partial charge in [0.2, 0.25) is 0 Å². The summed E-state index contributed by atoms with van der Waals surface area (Å²) in [5.41, 5.74) is 2.46. The molecule has 1 atom stereocenters. The maximum absolute atomic E-state index is 4.49. The average Bonchev–Trinajstić information content (AvgIpc) is 2.20. The number of aromatic nitrogens is 1. The van der Waals surface area contributed by atoms with Crippen LogP contribution in [0, 0.1) is 12.8 Å². The van der Waals surface area contributed by atoms with Gasteiger partial charge >= 0.3 is 0 Å². The van der Waals surface area contributed by atoms with Crippen molar-refractivity contribution >= 4 is 15.9 Å². The van der Waals surface area contributed by atoms with Crippen LogP contribution >= 0.6 is 15.9 Å². The van der Waals surface area contributed by atoms with Gasteiger partial charge in [0, 0.05) is 28.8 Å². The van der Waals surface area contributed by atoms with Crippen molar-refractivity contribution < 1.29 is 0 Å². The van der Waals surface area contributed by atoms with Gasteiger partial charge in [0.15, 0.2) is 0 Å². The third kappa shape index (κ3) is 4.22. The lowest BCUT2D eigenvalue weighted by Crippen LogP contribution is -2.29. The topological polar surface area (TPSA) is 24.9 Å². The Labute approximate surface area is 107 Å². The number of pyridine rings is 1. The molecule has 2 nitrogen and oxygen atoms in total. The summed E-state index contributed by atoms with van der Waals surface area (Å²) >= 11 is 3.44. The second kappa shape index (κ2) is 6.36. The highest BCUT2D eigenvalue weighted by molar-refractivity contribution is 9.10. The highest BCUT2D eigenvalue weighted by atomic mass is 79.9. The predicted molar refractivity (Wildman–Crippen MR) is 72.7 cm³/mol. The van der Waals surface area contributed by atoms with Crippen LogP contribution in [0.1, 0.15) is 31.5 Å². The molecule has 16 heavy (non-hydrogen) atoms. The number of likely N-dealkylation sites (N-methyl/N-ethyl adjacent to an activating group) is 1. The van der Waals surface area contributed by atoms with Crippen LogP contribution in [0.4, 0.5) is 0 Å². The van der Waals surface area contributed by atoms with E-state index in [2.05, 4.69) is 53.1 Å². The van der Waals surface area contributed by atoms with E-state index < -0.39 is 0 Å². The van der Waals surface area contributed by atoms with Crippen molar-refractivity contribution in [2.45, 2.75) is 39.7 Å². The van der Waals surface area contributed by atoms with Gasteiger partial charge in [-0.3, -0.25) is 4.98 Å². The SMILES string of the molecule is CNC(Cc1ncc(Br)cc1C)CC(C)C. The molecule has 0 saturated carbocycles. The molecule has 0 aliphatic carbocycles. The smallest absolute Gasteiger partial charge is 0.0449 e. The van der Waals surface area contributed by atoms with Gasteiger partial charge in [-0.2, -0.15) is 0 Å². The minimum absolute atomic E-state index is 0.521. The molecule has 0 amide bonds. The number of nitrogens with zero attached hydrogens (tertiary/aromatic N) is 1. The van der Waals surface area contributed by atoms with Crippen molar-refractivity contribution in [1.29, 1.82) is 0 Å². The first-order chi connectivity index (χ1) is 7.52. The molecule has 0 aromatic carbocycles. The largest absolute Gasteiger partial charge is 0.317 e. The molecule has 1 heterocycles. The van der Waals surface area contributed by atoms with Crippen LogP contribution in [0.25, 0.3) is 0 Å². The van der Waals surface area contributed by atoms with Crippen LogP contribution in [0.3, 0.4) is 0 Å². The summed E-state index contributed by atoms with van der Waals surface area (Å²) in [6.45, 7) is 6.63. The third-order valence-electron chi connectivity index (χ3n) is 2.76. The average molecular weight is 285 g/mol. The molecule has 1 rings (SSSR count). The summed E-state index contributed by atoms with van der Waals surface area (Å²) < 4.78 is 1.05. The minimum atomic E-state index is 0.521. The Morgan fingerprint density at radius 3 is 2.62 bits per heavy atom. The van der Waals surface area contributed by atoms with Gasteiger partial charge in [-0.05, 0) is 53.9 Å². The molecule has 0 aliphatic heterocycles. The molecular weight excluding hydrogens is 264 g/mol. The van der Waals surface area contributed by atoms with Gasteiger partial charge in [-0.15, -0.1) is 0 Å². The first-order valence-corrected chi connectivity index (χ1v) is 6.60. The van der Waals surface area contributed by atoms with Crippen molar-refractivity contribution in [2.24, 2.45) is 5.92 Å². The Balaban J connectivity index is 2.70. The molecule has 3 heteroatoms. The number of hydrogen-bond acceptors (Lipinski definition) is 2. The van der Waals surface area contributed by atoms with E-state index in [-0.39, 0.29) is 0 Å². The summed E-state index contributed by atoms with van der Waals surface area (Å²) in [7, 11) is 2.03. The highest BCUT2D eigenvalue weighted by Crippen LogP contribution is 2.16. The summed E-state index contributed by atoms with van der Waals surface area (Å²) in [4.78, 5) is 4.49. The molecule has 1 aromatic rings. The predicted octanol–water partition coefficient (Wildman–Crippen LogP) is 3.33. The summed E-state index contributed by atoms with van der Waals surface area (Å²) in [5, 5.41) is 3.37. The third-order valence-corrected chi connectivity index (χ3v) is 3.19. The van der Waals surface area contributed by atoms with Gasteiger partial charge in [-0.1, -0.05) is 13.8 Å². The Hall–Kier alpha value is -0.410. The van der Waals surface area contributed by atoms with E-state index in [1.54, 1.807) is 0 Å². The minimum Gasteiger partial charge on any atom is -0.317 e. The second-order valence-electron chi connectivity index (χ2n) is 4.74. The molecule has 1 unspecified atom stereocenters. The zero-order valence-corrected chi connectivity index (χ0v) is 12.1. The quantitative estimate of drug-likeness (QED) is 0.897. The zero-order valence-electron chi connectivity index (χ0n) is 10.5. The maximum Gasteiger partial charge on any atom is 0.0449 e. The fourth-order valence-corrected chi connectivity index (χ4v) is 2.33. The van der Waals surface area contributed by atoms with E-state index in [9.17, 15) is 0 Å². The molecule has 0 spiro atoms. The van der Waals surface area contributed by atoms with Gasteiger partial charge in [0.1, 0.15) is 0 Å². The lowest BCUT2D eigenvalue weighted by atomic mass is 9.98. The molecule has 90 valence electrons. The number of hydrogen-bond donors (Lipinski definition) is 1. The van der Waals surface area contributed by atoms with Crippen molar-refractivity contribution in [2.75, 3.05) is 7.05 Å². The Bertz CT molecular complexity index is 337. The zero-order chi connectivity index (χ0) is 12.1. The Morgan fingerprint density at radius 2 is 2.12 bits per heavy atom. The first-order valence-electron chi connectivity index (χ1n) is 5.81. The van der Waals surface area contributed by atoms with Crippen LogP contribution in [0.5, 0.6) is 0 Å². The standard InChI is InChI=1S/C13H21BrN2/c1-9(2)5-12(15-4)7-13-10(3)6-11(14)8-16-13/h6,8-9,12,15H,5,7H2,1-4H3. The summed E-state index contributed by atoms with van der Waals surface area (Å²) in [5.74, 6) is 0.716. The van der Waals surface area contributed by atoms with E-state index in [0.29, 0.717) is 12.0 Å². The van der Waals surface area contributed by atoms with E-state index >= 15 is 0 Å². The number of nitrogens with one attached hydrogen (secondary N) is 1. The maximum atomic E-state index is 4.49. The monoisotopic (exact) mass is 284 g/mol. The molecule has 1 N–H and O–H groups in total. The molecule has 0 bridgehead atoms. The Morgan fingerprint density at radius 1 is 1.44 bits per heavy atom. The van der Waals surface area contributed by atoms with Crippen molar-refractivity contribution in [3.05, 3.63) is 28.0 Å². The first kappa shape index (κ1) is 13.7. The molecule has 0 radical (unpaired) electrons. The van der Waals surface area contributed by atoms with Gasteiger partial charge in [0.05, 0.1) is 0 Å². The summed E-state index contributed by atoms with van der Waals surface area (Å²) in [6.07, 6.45) is 4.08. The van der Waals surface area contributed by atoms with Crippen LogP contribution in [0.2, 0.25) is 0 Å². The molecule has 0 aliphatic rings. The number of aryl methyl sites for hydroxylation is 1. The fraction of sp³-hybridized carbons (Fsp3) is 0.615. The van der Waals surface area contributed by atoms with Gasteiger partial charge < -0.3 is 5.32 Å². The number of halogens is 1. The Kier molecular flexibility index (Phi) is 5.42. The molecule has 0 saturated heterocycles. The summed E-state index contributed by atoms with van der Waals surface area (Å²) in [6, 6.07) is 2.65. The van der Waals surface area contributed by atoms with Crippen molar-refractivity contribution in [3.63, 3.8) is 0 Å². The van der Waals surface area contributed by atoms with Crippen LogP contribution < -0.4 is 5.32 Å². The van der Waals surface area contributed by atoms with E-state index in [1.165, 1.54) is 17.7 Å². The lowest BCUT2D eigenvalue weighted by Gasteiger charge is -2.18. The van der Waals surface area contributed by atoms with Gasteiger partial charge in [-0.25, -0.2) is 0 Å².